The van der Waals surface area contributed by atoms with E-state index in [1.807, 2.05) is 13.0 Å². The molecule has 0 saturated heterocycles. The number of aromatic nitrogens is 1. The molecule has 0 aliphatic heterocycles. The van der Waals surface area contributed by atoms with E-state index in [-0.39, 0.29) is 11.6 Å². The normalized spacial score (nSPS) is 10.4. The minimum Gasteiger partial charge on any atom is -0.397 e. The van der Waals surface area contributed by atoms with E-state index in [1.54, 1.807) is 12.1 Å². The summed E-state index contributed by atoms with van der Waals surface area (Å²) >= 11 is 0. The molecular formula is C12H12FN3. The number of anilines is 2. The van der Waals surface area contributed by atoms with Gasteiger partial charge in [-0.2, -0.15) is 0 Å². The number of benzene rings is 1. The predicted octanol–water partition coefficient (Wildman–Crippen LogP) is 2.36. The van der Waals surface area contributed by atoms with Gasteiger partial charge >= 0.3 is 0 Å². The highest BCUT2D eigenvalue weighted by atomic mass is 19.1. The standard InChI is InChI=1S/C12H12FN3/c1-7-2-3-9(11(13)4-7)10-5-8(14)6-16-12(10)15/h2-6H,14H2,1H3,(H2,15,16). The van der Waals surface area contributed by atoms with Crippen LogP contribution in [0.2, 0.25) is 0 Å². The molecular weight excluding hydrogens is 205 g/mol. The van der Waals surface area contributed by atoms with Crippen molar-refractivity contribution in [3.8, 4) is 11.1 Å². The highest BCUT2D eigenvalue weighted by molar-refractivity contribution is 5.76. The minimum absolute atomic E-state index is 0.275. The lowest BCUT2D eigenvalue weighted by molar-refractivity contribution is 0.630. The molecule has 0 fully saturated rings. The summed E-state index contributed by atoms with van der Waals surface area (Å²) in [7, 11) is 0. The summed E-state index contributed by atoms with van der Waals surface area (Å²) in [6, 6.07) is 6.58. The predicted molar refractivity (Wildman–Crippen MR) is 63.2 cm³/mol. The zero-order valence-electron chi connectivity index (χ0n) is 8.87. The van der Waals surface area contributed by atoms with Crippen LogP contribution in [-0.2, 0) is 0 Å². The maximum atomic E-state index is 13.7. The summed E-state index contributed by atoms with van der Waals surface area (Å²) in [6.45, 7) is 1.83. The van der Waals surface area contributed by atoms with Gasteiger partial charge in [0.15, 0.2) is 0 Å². The Balaban J connectivity index is 2.62. The Bertz CT molecular complexity index is 538. The van der Waals surface area contributed by atoms with E-state index in [4.69, 9.17) is 11.5 Å². The van der Waals surface area contributed by atoms with Crippen molar-refractivity contribution in [1.82, 2.24) is 4.98 Å². The van der Waals surface area contributed by atoms with Crippen LogP contribution in [0.3, 0.4) is 0 Å². The SMILES string of the molecule is Cc1ccc(-c2cc(N)cnc2N)c(F)c1. The summed E-state index contributed by atoms with van der Waals surface area (Å²) in [5, 5.41) is 0. The Morgan fingerprint density at radius 3 is 2.56 bits per heavy atom. The number of halogens is 1. The van der Waals surface area contributed by atoms with Crippen molar-refractivity contribution < 1.29 is 4.39 Å². The average molecular weight is 217 g/mol. The molecule has 0 radical (unpaired) electrons. The Labute approximate surface area is 92.9 Å². The third-order valence-electron chi connectivity index (χ3n) is 2.35. The molecule has 0 aliphatic carbocycles. The monoisotopic (exact) mass is 217 g/mol. The first-order valence-corrected chi connectivity index (χ1v) is 4.85. The topological polar surface area (TPSA) is 64.9 Å². The van der Waals surface area contributed by atoms with Crippen molar-refractivity contribution in [3.05, 3.63) is 41.8 Å². The second kappa shape index (κ2) is 3.81. The molecule has 0 bridgehead atoms. The van der Waals surface area contributed by atoms with Crippen molar-refractivity contribution >= 4 is 11.5 Å². The van der Waals surface area contributed by atoms with Crippen molar-refractivity contribution in [2.45, 2.75) is 6.92 Å². The zero-order valence-corrected chi connectivity index (χ0v) is 8.87. The van der Waals surface area contributed by atoms with Crippen LogP contribution in [0.4, 0.5) is 15.9 Å². The number of nitrogens with zero attached hydrogens (tertiary/aromatic N) is 1. The van der Waals surface area contributed by atoms with Crippen LogP contribution in [0.15, 0.2) is 30.5 Å². The summed E-state index contributed by atoms with van der Waals surface area (Å²) in [5.41, 5.74) is 13.6. The van der Waals surface area contributed by atoms with E-state index < -0.39 is 0 Å². The van der Waals surface area contributed by atoms with E-state index in [2.05, 4.69) is 4.98 Å². The summed E-state index contributed by atoms with van der Waals surface area (Å²) in [5.74, 6) is -0.0453. The second-order valence-corrected chi connectivity index (χ2v) is 3.68. The highest BCUT2D eigenvalue weighted by Crippen LogP contribution is 2.28. The van der Waals surface area contributed by atoms with Crippen LogP contribution in [0, 0.1) is 12.7 Å². The fourth-order valence-electron chi connectivity index (χ4n) is 1.55. The van der Waals surface area contributed by atoms with E-state index >= 15 is 0 Å². The van der Waals surface area contributed by atoms with Gasteiger partial charge in [-0.25, -0.2) is 9.37 Å². The van der Waals surface area contributed by atoms with Gasteiger partial charge < -0.3 is 11.5 Å². The molecule has 1 aromatic heterocycles. The Kier molecular flexibility index (Phi) is 2.48. The Morgan fingerprint density at radius 1 is 1.12 bits per heavy atom. The van der Waals surface area contributed by atoms with Gasteiger partial charge in [-0.05, 0) is 24.6 Å². The van der Waals surface area contributed by atoms with Gasteiger partial charge in [-0.15, -0.1) is 0 Å². The molecule has 3 nitrogen and oxygen atoms in total. The molecule has 0 aliphatic rings. The summed E-state index contributed by atoms with van der Waals surface area (Å²) in [4.78, 5) is 3.90. The highest BCUT2D eigenvalue weighted by Gasteiger charge is 2.09. The van der Waals surface area contributed by atoms with Crippen LogP contribution in [0.25, 0.3) is 11.1 Å². The fourth-order valence-corrected chi connectivity index (χ4v) is 1.55. The van der Waals surface area contributed by atoms with Crippen LogP contribution < -0.4 is 11.5 Å². The lowest BCUT2D eigenvalue weighted by atomic mass is 10.0. The number of hydrogen-bond donors (Lipinski definition) is 2. The number of nitrogens with two attached hydrogens (primary N) is 2. The second-order valence-electron chi connectivity index (χ2n) is 3.68. The first-order chi connectivity index (χ1) is 7.58. The van der Waals surface area contributed by atoms with Crippen molar-refractivity contribution in [1.29, 1.82) is 0 Å². The molecule has 0 atom stereocenters. The molecule has 0 saturated carbocycles. The lowest BCUT2D eigenvalue weighted by Crippen LogP contribution is -1.98. The molecule has 0 spiro atoms. The molecule has 82 valence electrons. The third-order valence-corrected chi connectivity index (χ3v) is 2.35. The van der Waals surface area contributed by atoms with Crippen LogP contribution in [-0.4, -0.2) is 4.98 Å². The number of aryl methyl sites for hydroxylation is 1. The molecule has 0 amide bonds. The smallest absolute Gasteiger partial charge is 0.131 e. The molecule has 0 unspecified atom stereocenters. The van der Waals surface area contributed by atoms with E-state index in [0.717, 1.165) is 5.56 Å². The lowest BCUT2D eigenvalue weighted by Gasteiger charge is -2.07. The number of pyridine rings is 1. The largest absolute Gasteiger partial charge is 0.397 e. The molecule has 1 heterocycles. The maximum Gasteiger partial charge on any atom is 0.131 e. The number of nitrogen functional groups attached to an aromatic ring is 2. The summed E-state index contributed by atoms with van der Waals surface area (Å²) in [6.07, 6.45) is 1.45. The zero-order chi connectivity index (χ0) is 11.7. The van der Waals surface area contributed by atoms with E-state index in [1.165, 1.54) is 12.3 Å². The van der Waals surface area contributed by atoms with Crippen molar-refractivity contribution in [3.63, 3.8) is 0 Å². The van der Waals surface area contributed by atoms with Gasteiger partial charge in [0.25, 0.3) is 0 Å². The average Bonchev–Trinajstić information content (AvgIpc) is 2.22. The quantitative estimate of drug-likeness (QED) is 0.770. The molecule has 16 heavy (non-hydrogen) atoms. The first kappa shape index (κ1) is 10.4. The Hall–Kier alpha value is -2.10. The van der Waals surface area contributed by atoms with Gasteiger partial charge in [0.1, 0.15) is 11.6 Å². The van der Waals surface area contributed by atoms with Gasteiger partial charge in [-0.3, -0.25) is 0 Å². The number of hydrogen-bond acceptors (Lipinski definition) is 3. The van der Waals surface area contributed by atoms with Gasteiger partial charge in [0.2, 0.25) is 0 Å². The van der Waals surface area contributed by atoms with Gasteiger partial charge in [-0.1, -0.05) is 12.1 Å². The number of rotatable bonds is 1. The van der Waals surface area contributed by atoms with E-state index in [9.17, 15) is 4.39 Å². The van der Waals surface area contributed by atoms with Gasteiger partial charge in [0, 0.05) is 11.1 Å². The minimum atomic E-state index is -0.320. The molecule has 4 N–H and O–H groups in total. The van der Waals surface area contributed by atoms with Crippen LogP contribution >= 0.6 is 0 Å². The van der Waals surface area contributed by atoms with Gasteiger partial charge in [0.05, 0.1) is 11.9 Å². The van der Waals surface area contributed by atoms with E-state index in [0.29, 0.717) is 16.8 Å². The molecule has 4 heteroatoms. The maximum absolute atomic E-state index is 13.7. The molecule has 1 aromatic carbocycles. The first-order valence-electron chi connectivity index (χ1n) is 4.85. The Morgan fingerprint density at radius 2 is 1.88 bits per heavy atom. The van der Waals surface area contributed by atoms with Crippen LogP contribution in [0.1, 0.15) is 5.56 Å². The fraction of sp³-hybridized carbons (Fsp3) is 0.0833. The molecule has 2 aromatic rings. The molecule has 2 rings (SSSR count). The third kappa shape index (κ3) is 1.82. The van der Waals surface area contributed by atoms with Crippen LogP contribution in [0.5, 0.6) is 0 Å². The van der Waals surface area contributed by atoms with Crippen molar-refractivity contribution in [2.75, 3.05) is 11.5 Å². The van der Waals surface area contributed by atoms with Crippen molar-refractivity contribution in [2.24, 2.45) is 0 Å². The summed E-state index contributed by atoms with van der Waals surface area (Å²) < 4.78 is 13.7.